The normalized spacial score (nSPS) is 12.1. The summed E-state index contributed by atoms with van der Waals surface area (Å²) in [5.41, 5.74) is -0.271. The highest BCUT2D eigenvalue weighted by Crippen LogP contribution is 2.21. The summed E-state index contributed by atoms with van der Waals surface area (Å²) in [4.78, 5) is 10.2. The average Bonchev–Trinajstić information content (AvgIpc) is 2.35. The number of rotatable bonds is 6. The van der Waals surface area contributed by atoms with Crippen molar-refractivity contribution in [3.63, 3.8) is 0 Å². The molecule has 0 heterocycles. The van der Waals surface area contributed by atoms with Crippen molar-refractivity contribution in [2.45, 2.75) is 17.7 Å². The topological polar surface area (TPSA) is 74.7 Å². The third kappa shape index (κ3) is 3.97. The molecule has 0 spiro atoms. The minimum Gasteiger partial charge on any atom is -0.481 e. The van der Waals surface area contributed by atoms with Crippen molar-refractivity contribution in [1.82, 2.24) is 4.31 Å². The molecule has 19 heavy (non-hydrogen) atoms. The van der Waals surface area contributed by atoms with Crippen molar-refractivity contribution in [3.05, 3.63) is 29.8 Å². The van der Waals surface area contributed by atoms with Crippen LogP contribution in [0, 0.1) is 0 Å². The minimum atomic E-state index is -3.85. The Bertz CT molecular complexity index is 542. The lowest BCUT2D eigenvalue weighted by Gasteiger charge is -2.16. The first-order valence-corrected chi connectivity index (χ1v) is 6.75. The van der Waals surface area contributed by atoms with Crippen LogP contribution < -0.4 is 0 Å². The SMILES string of the molecule is CN(CCC(=O)O)S(=O)(=O)c1ccc(C(F)F)cc1. The van der Waals surface area contributed by atoms with E-state index in [1.165, 1.54) is 7.05 Å². The van der Waals surface area contributed by atoms with E-state index >= 15 is 0 Å². The van der Waals surface area contributed by atoms with Crippen LogP contribution in [-0.2, 0) is 14.8 Å². The molecule has 0 fully saturated rings. The number of nitrogens with zero attached hydrogens (tertiary/aromatic N) is 1. The van der Waals surface area contributed by atoms with Crippen molar-refractivity contribution in [1.29, 1.82) is 0 Å². The van der Waals surface area contributed by atoms with Crippen molar-refractivity contribution >= 4 is 16.0 Å². The molecule has 0 aliphatic carbocycles. The van der Waals surface area contributed by atoms with Gasteiger partial charge in [0, 0.05) is 19.2 Å². The Morgan fingerprint density at radius 3 is 2.26 bits per heavy atom. The summed E-state index contributed by atoms with van der Waals surface area (Å²) >= 11 is 0. The predicted octanol–water partition coefficient (Wildman–Crippen LogP) is 1.72. The van der Waals surface area contributed by atoms with Gasteiger partial charge in [0.05, 0.1) is 11.3 Å². The van der Waals surface area contributed by atoms with E-state index in [-0.39, 0.29) is 23.4 Å². The Kier molecular flexibility index (Phi) is 4.96. The van der Waals surface area contributed by atoms with Crippen molar-refractivity contribution < 1.29 is 27.1 Å². The van der Waals surface area contributed by atoms with E-state index in [0.29, 0.717) is 0 Å². The van der Waals surface area contributed by atoms with Gasteiger partial charge < -0.3 is 5.11 Å². The molecule has 0 bridgehead atoms. The maximum atomic E-state index is 12.3. The van der Waals surface area contributed by atoms with Gasteiger partial charge in [0.25, 0.3) is 6.43 Å². The van der Waals surface area contributed by atoms with Gasteiger partial charge in [-0.3, -0.25) is 4.79 Å². The van der Waals surface area contributed by atoms with Crippen molar-refractivity contribution in [2.75, 3.05) is 13.6 Å². The van der Waals surface area contributed by atoms with Crippen LogP contribution in [0.3, 0.4) is 0 Å². The number of alkyl halides is 2. The monoisotopic (exact) mass is 293 g/mol. The smallest absolute Gasteiger partial charge is 0.304 e. The highest BCUT2D eigenvalue weighted by atomic mass is 32.2. The molecule has 0 atom stereocenters. The summed E-state index contributed by atoms with van der Waals surface area (Å²) in [7, 11) is -2.62. The molecular formula is C11H13F2NO4S. The first-order chi connectivity index (χ1) is 8.75. The number of benzene rings is 1. The van der Waals surface area contributed by atoms with Gasteiger partial charge in [-0.15, -0.1) is 0 Å². The molecule has 0 amide bonds. The standard InChI is InChI=1S/C11H13F2NO4S/c1-14(7-6-10(15)16)19(17,18)9-4-2-8(3-5-9)11(12)13/h2-5,11H,6-7H2,1H3,(H,15,16). The maximum Gasteiger partial charge on any atom is 0.304 e. The van der Waals surface area contributed by atoms with Crippen molar-refractivity contribution in [2.24, 2.45) is 0 Å². The molecule has 0 saturated carbocycles. The summed E-state index contributed by atoms with van der Waals surface area (Å²) in [5.74, 6) is -1.12. The lowest BCUT2D eigenvalue weighted by atomic mass is 10.2. The third-order valence-electron chi connectivity index (χ3n) is 2.48. The van der Waals surface area contributed by atoms with Crippen LogP contribution in [0.2, 0.25) is 0 Å². The van der Waals surface area contributed by atoms with Gasteiger partial charge >= 0.3 is 5.97 Å². The summed E-state index contributed by atoms with van der Waals surface area (Å²) in [5, 5.41) is 8.49. The van der Waals surface area contributed by atoms with Gasteiger partial charge in [-0.05, 0) is 12.1 Å². The maximum absolute atomic E-state index is 12.3. The molecule has 5 nitrogen and oxygen atoms in total. The van der Waals surface area contributed by atoms with Gasteiger partial charge in [0.2, 0.25) is 10.0 Å². The van der Waals surface area contributed by atoms with Gasteiger partial charge in [-0.25, -0.2) is 21.5 Å². The predicted molar refractivity (Wildman–Crippen MR) is 63.5 cm³/mol. The number of carboxylic acid groups (broad SMARTS) is 1. The van der Waals surface area contributed by atoms with E-state index in [0.717, 1.165) is 28.6 Å². The zero-order chi connectivity index (χ0) is 14.6. The Balaban J connectivity index is 2.90. The van der Waals surface area contributed by atoms with E-state index in [2.05, 4.69) is 0 Å². The number of hydrogen-bond donors (Lipinski definition) is 1. The molecule has 0 aliphatic heterocycles. The molecule has 1 rings (SSSR count). The van der Waals surface area contributed by atoms with E-state index in [1.807, 2.05) is 0 Å². The lowest BCUT2D eigenvalue weighted by Crippen LogP contribution is -2.29. The number of aliphatic carboxylic acids is 1. The quantitative estimate of drug-likeness (QED) is 0.866. The molecule has 1 aromatic rings. The number of hydrogen-bond acceptors (Lipinski definition) is 3. The van der Waals surface area contributed by atoms with E-state index in [1.54, 1.807) is 0 Å². The second-order valence-corrected chi connectivity index (χ2v) is 5.88. The van der Waals surface area contributed by atoms with Gasteiger partial charge in [-0.2, -0.15) is 0 Å². The molecule has 0 unspecified atom stereocenters. The van der Waals surface area contributed by atoms with Crippen LogP contribution in [-0.4, -0.2) is 37.4 Å². The fourth-order valence-corrected chi connectivity index (χ4v) is 2.51. The fraction of sp³-hybridized carbons (Fsp3) is 0.364. The number of carbonyl (C=O) groups is 1. The Morgan fingerprint density at radius 1 is 1.32 bits per heavy atom. The summed E-state index contributed by atoms with van der Waals surface area (Å²) in [6, 6.07) is 4.22. The Morgan fingerprint density at radius 2 is 1.84 bits per heavy atom. The van der Waals surface area contributed by atoms with Crippen molar-refractivity contribution in [3.8, 4) is 0 Å². The fourth-order valence-electron chi connectivity index (χ4n) is 1.34. The number of sulfonamides is 1. The largest absolute Gasteiger partial charge is 0.481 e. The first-order valence-electron chi connectivity index (χ1n) is 5.31. The Hall–Kier alpha value is -1.54. The van der Waals surface area contributed by atoms with Gasteiger partial charge in [0.1, 0.15) is 0 Å². The first kappa shape index (κ1) is 15.5. The van der Waals surface area contributed by atoms with Crippen LogP contribution in [0.25, 0.3) is 0 Å². The van der Waals surface area contributed by atoms with Gasteiger partial charge in [0.15, 0.2) is 0 Å². The molecule has 1 N–H and O–H groups in total. The zero-order valence-electron chi connectivity index (χ0n) is 10.1. The van der Waals surface area contributed by atoms with Crippen LogP contribution in [0.5, 0.6) is 0 Å². The van der Waals surface area contributed by atoms with E-state index in [4.69, 9.17) is 5.11 Å². The van der Waals surface area contributed by atoms with Crippen LogP contribution in [0.1, 0.15) is 18.4 Å². The molecule has 0 aliphatic rings. The molecule has 0 radical (unpaired) electrons. The minimum absolute atomic E-state index is 0.148. The van der Waals surface area contributed by atoms with E-state index < -0.39 is 22.4 Å². The molecular weight excluding hydrogens is 280 g/mol. The molecule has 0 aromatic heterocycles. The zero-order valence-corrected chi connectivity index (χ0v) is 10.9. The molecule has 1 aromatic carbocycles. The summed E-state index contributed by atoms with van der Waals surface area (Å²) in [6.07, 6.45) is -2.99. The second kappa shape index (κ2) is 6.07. The molecule has 8 heteroatoms. The van der Waals surface area contributed by atoms with Crippen LogP contribution in [0.4, 0.5) is 8.78 Å². The average molecular weight is 293 g/mol. The Labute approximate surface area is 109 Å². The highest BCUT2D eigenvalue weighted by Gasteiger charge is 2.21. The molecule has 0 saturated heterocycles. The number of carboxylic acids is 1. The highest BCUT2D eigenvalue weighted by molar-refractivity contribution is 7.89. The third-order valence-corrected chi connectivity index (χ3v) is 4.35. The van der Waals surface area contributed by atoms with Gasteiger partial charge in [-0.1, -0.05) is 12.1 Å². The number of halogens is 2. The summed E-state index contributed by atoms with van der Waals surface area (Å²) in [6.45, 7) is -0.186. The van der Waals surface area contributed by atoms with Crippen LogP contribution in [0.15, 0.2) is 29.2 Å². The summed E-state index contributed by atoms with van der Waals surface area (Å²) < 4.78 is 49.5. The van der Waals surface area contributed by atoms with E-state index in [9.17, 15) is 22.0 Å². The lowest BCUT2D eigenvalue weighted by molar-refractivity contribution is -0.137. The molecule has 106 valence electrons. The second-order valence-electron chi connectivity index (χ2n) is 3.84. The van der Waals surface area contributed by atoms with Crippen LogP contribution >= 0.6 is 0 Å².